The van der Waals surface area contributed by atoms with Crippen molar-refractivity contribution in [1.29, 1.82) is 0 Å². The summed E-state index contributed by atoms with van der Waals surface area (Å²) in [7, 11) is 1.67. The molecule has 1 aromatic rings. The van der Waals surface area contributed by atoms with E-state index in [2.05, 4.69) is 44.7 Å². The van der Waals surface area contributed by atoms with Crippen LogP contribution in [0.3, 0.4) is 0 Å². The van der Waals surface area contributed by atoms with Gasteiger partial charge in [0.05, 0.1) is 19.8 Å². The number of hydrogen-bond acceptors (Lipinski definition) is 4. The standard InChI is InChI=1S/C19H33NO3/c1-6-16(4)20(12-18(21)14-23-13-15(2)3)11-17-7-9-19(22-5)10-8-17/h7-10,15-16,18,21H,6,11-14H2,1-5H3/t16-,18+/m0/s1. The second kappa shape index (κ2) is 10.6. The van der Waals surface area contributed by atoms with E-state index in [-0.39, 0.29) is 0 Å². The molecular weight excluding hydrogens is 290 g/mol. The van der Waals surface area contributed by atoms with Gasteiger partial charge in [-0.2, -0.15) is 0 Å². The summed E-state index contributed by atoms with van der Waals surface area (Å²) in [5, 5.41) is 10.3. The summed E-state index contributed by atoms with van der Waals surface area (Å²) in [6, 6.07) is 8.53. The second-order valence-corrected chi connectivity index (χ2v) is 6.62. The Morgan fingerprint density at radius 1 is 1.09 bits per heavy atom. The molecule has 0 amide bonds. The van der Waals surface area contributed by atoms with E-state index in [0.29, 0.717) is 31.7 Å². The van der Waals surface area contributed by atoms with Gasteiger partial charge in [0.15, 0.2) is 0 Å². The van der Waals surface area contributed by atoms with E-state index in [1.54, 1.807) is 7.11 Å². The highest BCUT2D eigenvalue weighted by molar-refractivity contribution is 5.27. The summed E-state index contributed by atoms with van der Waals surface area (Å²) in [5.74, 6) is 1.36. The molecule has 0 saturated carbocycles. The molecular formula is C19H33NO3. The molecule has 0 bridgehead atoms. The summed E-state index contributed by atoms with van der Waals surface area (Å²) in [6.07, 6.45) is 0.594. The molecule has 1 aromatic carbocycles. The SMILES string of the molecule is CC[C@H](C)N(Cc1ccc(OC)cc1)C[C@@H](O)COCC(C)C. The molecule has 0 unspecified atom stereocenters. The van der Waals surface area contributed by atoms with Crippen molar-refractivity contribution in [2.24, 2.45) is 5.92 Å². The molecule has 23 heavy (non-hydrogen) atoms. The fraction of sp³-hybridized carbons (Fsp3) is 0.684. The first-order valence-corrected chi connectivity index (χ1v) is 8.59. The van der Waals surface area contributed by atoms with Crippen molar-refractivity contribution in [3.8, 4) is 5.75 Å². The van der Waals surface area contributed by atoms with Crippen molar-refractivity contribution < 1.29 is 14.6 Å². The average Bonchev–Trinajstić information content (AvgIpc) is 2.53. The minimum atomic E-state index is -0.457. The zero-order valence-electron chi connectivity index (χ0n) is 15.3. The summed E-state index contributed by atoms with van der Waals surface area (Å²) >= 11 is 0. The van der Waals surface area contributed by atoms with Crippen LogP contribution < -0.4 is 4.74 Å². The summed E-state index contributed by atoms with van der Waals surface area (Å²) in [4.78, 5) is 2.31. The molecule has 132 valence electrons. The third-order valence-electron chi connectivity index (χ3n) is 3.97. The molecule has 0 aliphatic carbocycles. The molecule has 0 aromatic heterocycles. The molecule has 0 saturated heterocycles. The average molecular weight is 323 g/mol. The number of aliphatic hydroxyl groups excluding tert-OH is 1. The van der Waals surface area contributed by atoms with Crippen LogP contribution in [0.2, 0.25) is 0 Å². The number of ether oxygens (including phenoxy) is 2. The number of hydrogen-bond donors (Lipinski definition) is 1. The predicted octanol–water partition coefficient (Wildman–Crippen LogP) is 3.33. The Morgan fingerprint density at radius 2 is 1.74 bits per heavy atom. The Balaban J connectivity index is 2.57. The highest BCUT2D eigenvalue weighted by Gasteiger charge is 2.17. The molecule has 0 heterocycles. The van der Waals surface area contributed by atoms with E-state index in [9.17, 15) is 5.11 Å². The van der Waals surface area contributed by atoms with Crippen LogP contribution in [0.25, 0.3) is 0 Å². The van der Waals surface area contributed by atoms with Gasteiger partial charge in [-0.1, -0.05) is 32.9 Å². The molecule has 0 aliphatic rings. The fourth-order valence-electron chi connectivity index (χ4n) is 2.39. The highest BCUT2D eigenvalue weighted by atomic mass is 16.5. The first-order chi connectivity index (χ1) is 11.0. The van der Waals surface area contributed by atoms with Crippen LogP contribution in [0.5, 0.6) is 5.75 Å². The van der Waals surface area contributed by atoms with E-state index < -0.39 is 6.10 Å². The Morgan fingerprint density at radius 3 is 2.26 bits per heavy atom. The van der Waals surface area contributed by atoms with Gasteiger partial charge < -0.3 is 14.6 Å². The molecule has 0 spiro atoms. The van der Waals surface area contributed by atoms with E-state index >= 15 is 0 Å². The quantitative estimate of drug-likeness (QED) is 0.678. The zero-order valence-corrected chi connectivity index (χ0v) is 15.3. The van der Waals surface area contributed by atoms with Gasteiger partial charge in [0, 0.05) is 25.7 Å². The Kier molecular flexibility index (Phi) is 9.22. The van der Waals surface area contributed by atoms with Gasteiger partial charge in [-0.15, -0.1) is 0 Å². The van der Waals surface area contributed by atoms with Gasteiger partial charge in [-0.3, -0.25) is 4.90 Å². The van der Waals surface area contributed by atoms with Crippen molar-refractivity contribution in [3.05, 3.63) is 29.8 Å². The maximum atomic E-state index is 10.3. The number of rotatable bonds is 11. The summed E-state index contributed by atoms with van der Waals surface area (Å²) < 4.78 is 10.8. The Labute approximate surface area is 141 Å². The zero-order chi connectivity index (χ0) is 17.2. The van der Waals surface area contributed by atoms with Crippen LogP contribution in [0, 0.1) is 5.92 Å². The minimum absolute atomic E-state index is 0.397. The van der Waals surface area contributed by atoms with Crippen LogP contribution in [0.1, 0.15) is 39.7 Å². The molecule has 4 heteroatoms. The lowest BCUT2D eigenvalue weighted by molar-refractivity contribution is 0.000120. The maximum absolute atomic E-state index is 10.3. The van der Waals surface area contributed by atoms with Gasteiger partial charge in [0.1, 0.15) is 5.75 Å². The molecule has 0 aliphatic heterocycles. The Bertz CT molecular complexity index is 419. The second-order valence-electron chi connectivity index (χ2n) is 6.62. The molecule has 1 rings (SSSR count). The third-order valence-corrected chi connectivity index (χ3v) is 3.97. The number of aliphatic hydroxyl groups is 1. The van der Waals surface area contributed by atoms with Crippen LogP contribution >= 0.6 is 0 Å². The fourth-order valence-corrected chi connectivity index (χ4v) is 2.39. The van der Waals surface area contributed by atoms with Gasteiger partial charge in [0.25, 0.3) is 0 Å². The lowest BCUT2D eigenvalue weighted by Crippen LogP contribution is -2.40. The lowest BCUT2D eigenvalue weighted by atomic mass is 10.1. The number of methoxy groups -OCH3 is 1. The van der Waals surface area contributed by atoms with Gasteiger partial charge in [-0.05, 0) is 37.0 Å². The first kappa shape index (κ1) is 19.9. The highest BCUT2D eigenvalue weighted by Crippen LogP contribution is 2.15. The lowest BCUT2D eigenvalue weighted by Gasteiger charge is -2.30. The van der Waals surface area contributed by atoms with Crippen LogP contribution in [-0.2, 0) is 11.3 Å². The van der Waals surface area contributed by atoms with E-state index in [1.807, 2.05) is 12.1 Å². The van der Waals surface area contributed by atoms with Crippen molar-refractivity contribution in [2.75, 3.05) is 26.9 Å². The Hall–Kier alpha value is -1.10. The minimum Gasteiger partial charge on any atom is -0.497 e. The van der Waals surface area contributed by atoms with E-state index in [1.165, 1.54) is 5.56 Å². The topological polar surface area (TPSA) is 41.9 Å². The monoisotopic (exact) mass is 323 g/mol. The van der Waals surface area contributed by atoms with Crippen molar-refractivity contribution >= 4 is 0 Å². The van der Waals surface area contributed by atoms with Crippen LogP contribution in [-0.4, -0.2) is 49.0 Å². The maximum Gasteiger partial charge on any atom is 0.118 e. The van der Waals surface area contributed by atoms with Gasteiger partial charge in [-0.25, -0.2) is 0 Å². The van der Waals surface area contributed by atoms with Crippen LogP contribution in [0.15, 0.2) is 24.3 Å². The number of benzene rings is 1. The summed E-state index contributed by atoms with van der Waals surface area (Å²) in [6.45, 7) is 11.1. The molecule has 0 fully saturated rings. The van der Waals surface area contributed by atoms with Crippen molar-refractivity contribution in [2.45, 2.75) is 52.8 Å². The summed E-state index contributed by atoms with van der Waals surface area (Å²) in [5.41, 5.74) is 1.22. The normalized spacial score (nSPS) is 14.3. The molecule has 0 radical (unpaired) electrons. The van der Waals surface area contributed by atoms with E-state index in [0.717, 1.165) is 18.7 Å². The molecule has 1 N–H and O–H groups in total. The largest absolute Gasteiger partial charge is 0.497 e. The smallest absolute Gasteiger partial charge is 0.118 e. The van der Waals surface area contributed by atoms with E-state index in [4.69, 9.17) is 9.47 Å². The molecule has 4 nitrogen and oxygen atoms in total. The first-order valence-electron chi connectivity index (χ1n) is 8.59. The van der Waals surface area contributed by atoms with Gasteiger partial charge in [0.2, 0.25) is 0 Å². The number of nitrogens with zero attached hydrogens (tertiary/aromatic N) is 1. The van der Waals surface area contributed by atoms with Crippen molar-refractivity contribution in [1.82, 2.24) is 4.90 Å². The molecule has 2 atom stereocenters. The van der Waals surface area contributed by atoms with Crippen molar-refractivity contribution in [3.63, 3.8) is 0 Å². The third kappa shape index (κ3) is 7.82. The predicted molar refractivity (Wildman–Crippen MR) is 94.8 cm³/mol. The van der Waals surface area contributed by atoms with Gasteiger partial charge >= 0.3 is 0 Å². The van der Waals surface area contributed by atoms with Crippen LogP contribution in [0.4, 0.5) is 0 Å².